The number of para-hydroxylation sites is 2. The van der Waals surface area contributed by atoms with E-state index in [-0.39, 0.29) is 45.4 Å². The predicted octanol–water partition coefficient (Wildman–Crippen LogP) is 6.17. The molecule has 0 N–H and O–H groups in total. The number of allylic oxidation sites excluding steroid dienone is 6. The summed E-state index contributed by atoms with van der Waals surface area (Å²) in [5.41, 5.74) is 6.64. The van der Waals surface area contributed by atoms with Gasteiger partial charge in [-0.2, -0.15) is 0 Å². The second-order valence-corrected chi connectivity index (χ2v) is 12.0. The number of carbonyl (C=O) groups is 2. The monoisotopic (exact) mass is 606 g/mol. The number of benzene rings is 3. The highest BCUT2D eigenvalue weighted by molar-refractivity contribution is 6.41. The van der Waals surface area contributed by atoms with Crippen LogP contribution in [0.4, 0.5) is 11.4 Å². The highest BCUT2D eigenvalue weighted by Gasteiger charge is 2.36. The third kappa shape index (κ3) is 4.64. The fraction of sp³-hybridized carbons (Fsp3) is 0.200. The predicted molar refractivity (Wildman–Crippen MR) is 180 cm³/mol. The molecule has 0 atom stereocenters. The maximum absolute atomic E-state index is 13.6. The van der Waals surface area contributed by atoms with E-state index in [0.29, 0.717) is 35.6 Å². The first-order valence-electron chi connectivity index (χ1n) is 16.1. The van der Waals surface area contributed by atoms with Gasteiger partial charge in [0.1, 0.15) is 0 Å². The lowest BCUT2D eigenvalue weighted by atomic mass is 9.78. The molecular formula is C40H34N2O4-2. The summed E-state index contributed by atoms with van der Waals surface area (Å²) in [6, 6.07) is 22.6. The van der Waals surface area contributed by atoms with Crippen LogP contribution in [-0.4, -0.2) is 24.7 Å². The van der Waals surface area contributed by atoms with Gasteiger partial charge in [0.05, 0.1) is 11.4 Å². The van der Waals surface area contributed by atoms with Gasteiger partial charge in [-0.25, -0.2) is 0 Å². The van der Waals surface area contributed by atoms with E-state index in [1.54, 1.807) is 24.3 Å². The van der Waals surface area contributed by atoms with Crippen LogP contribution in [0.5, 0.6) is 0 Å². The third-order valence-corrected chi connectivity index (χ3v) is 9.12. The number of nitrogens with zero attached hydrogens (tertiary/aromatic N) is 2. The number of Topliss-reactive ketones (excluding diaryl/α,β-unsaturated/α-hetero) is 2. The smallest absolute Gasteiger partial charge is 0.194 e. The molecule has 2 heterocycles. The first kappa shape index (κ1) is 29.4. The molecule has 0 saturated carbocycles. The van der Waals surface area contributed by atoms with Gasteiger partial charge in [-0.1, -0.05) is 105 Å². The zero-order chi connectivity index (χ0) is 31.9. The Kier molecular flexibility index (Phi) is 7.57. The molecule has 46 heavy (non-hydrogen) atoms. The van der Waals surface area contributed by atoms with E-state index in [1.165, 1.54) is 0 Å². The Balaban J connectivity index is 1.24. The van der Waals surface area contributed by atoms with Gasteiger partial charge in [-0.3, -0.25) is 9.59 Å². The van der Waals surface area contributed by atoms with Gasteiger partial charge in [0.25, 0.3) is 0 Å². The lowest BCUT2D eigenvalue weighted by molar-refractivity contribution is -0.298. The molecule has 0 radical (unpaired) electrons. The number of rotatable bonds is 8. The minimum Gasteiger partial charge on any atom is -0.871 e. The summed E-state index contributed by atoms with van der Waals surface area (Å²) >= 11 is 0. The highest BCUT2D eigenvalue weighted by Crippen LogP contribution is 2.44. The van der Waals surface area contributed by atoms with Gasteiger partial charge < -0.3 is 20.0 Å². The number of hydrogen-bond acceptors (Lipinski definition) is 6. The summed E-state index contributed by atoms with van der Waals surface area (Å²) in [5, 5.41) is 27.3. The molecule has 2 aliphatic heterocycles. The zero-order valence-corrected chi connectivity index (χ0v) is 26.0. The molecule has 3 aromatic carbocycles. The minimum absolute atomic E-state index is 0.0861. The number of fused-ring (bicyclic) bond motifs is 2. The van der Waals surface area contributed by atoms with Crippen LogP contribution in [0, 0.1) is 0 Å². The lowest BCUT2D eigenvalue weighted by Gasteiger charge is -2.39. The number of unbranched alkanes of at least 4 members (excludes halogenated alkanes) is 2. The van der Waals surface area contributed by atoms with Gasteiger partial charge in [-0.15, -0.1) is 0 Å². The van der Waals surface area contributed by atoms with Crippen molar-refractivity contribution in [3.05, 3.63) is 141 Å². The molecule has 0 spiro atoms. The summed E-state index contributed by atoms with van der Waals surface area (Å²) in [6.45, 7) is 5.61. The molecule has 6 nitrogen and oxygen atoms in total. The van der Waals surface area contributed by atoms with Crippen molar-refractivity contribution in [2.75, 3.05) is 22.9 Å². The maximum Gasteiger partial charge on any atom is 0.194 e. The Labute approximate surface area is 269 Å². The molecular weight excluding hydrogens is 572 g/mol. The topological polar surface area (TPSA) is 86.7 Å². The first-order valence-corrected chi connectivity index (χ1v) is 16.1. The van der Waals surface area contributed by atoms with E-state index in [2.05, 4.69) is 23.6 Å². The summed E-state index contributed by atoms with van der Waals surface area (Å²) < 4.78 is 0. The molecule has 0 bridgehead atoms. The largest absolute Gasteiger partial charge is 0.871 e. The SMILES string of the molecule is CCCCN1C(=C2C(=O)C(c3cccc(C4=C([O-])C(=C5C=Cc6ccccc6N5CCCC)C4=O)c3)=C2[O-])C=Cc2ccccc21. The Bertz CT molecular complexity index is 1850. The fourth-order valence-corrected chi connectivity index (χ4v) is 6.68. The van der Waals surface area contributed by atoms with E-state index in [9.17, 15) is 19.8 Å². The molecule has 2 aliphatic carbocycles. The number of ketones is 2. The Morgan fingerprint density at radius 3 is 1.39 bits per heavy atom. The molecule has 6 heteroatoms. The molecule has 7 rings (SSSR count). The van der Waals surface area contributed by atoms with Crippen molar-refractivity contribution in [1.82, 2.24) is 0 Å². The van der Waals surface area contributed by atoms with Crippen molar-refractivity contribution in [3.8, 4) is 0 Å². The van der Waals surface area contributed by atoms with Crippen LogP contribution in [0.1, 0.15) is 61.8 Å². The molecule has 0 fully saturated rings. The van der Waals surface area contributed by atoms with Crippen molar-refractivity contribution in [1.29, 1.82) is 0 Å². The maximum atomic E-state index is 13.6. The van der Waals surface area contributed by atoms with Crippen molar-refractivity contribution < 1.29 is 19.8 Å². The lowest BCUT2D eigenvalue weighted by Crippen LogP contribution is -2.36. The quantitative estimate of drug-likeness (QED) is 0.285. The van der Waals surface area contributed by atoms with Crippen molar-refractivity contribution in [2.24, 2.45) is 0 Å². The second kappa shape index (κ2) is 11.9. The normalized spacial score (nSPS) is 20.2. The zero-order valence-electron chi connectivity index (χ0n) is 26.0. The van der Waals surface area contributed by atoms with Crippen LogP contribution in [0.2, 0.25) is 0 Å². The van der Waals surface area contributed by atoms with Gasteiger partial charge in [0, 0.05) is 46.8 Å². The molecule has 0 saturated heterocycles. The fourth-order valence-electron chi connectivity index (χ4n) is 6.68. The average Bonchev–Trinajstić information content (AvgIpc) is 3.07. The Morgan fingerprint density at radius 1 is 0.543 bits per heavy atom. The van der Waals surface area contributed by atoms with Crippen LogP contribution in [0.15, 0.2) is 119 Å². The van der Waals surface area contributed by atoms with Crippen LogP contribution in [-0.2, 0) is 9.59 Å². The van der Waals surface area contributed by atoms with Crippen molar-refractivity contribution in [2.45, 2.75) is 39.5 Å². The third-order valence-electron chi connectivity index (χ3n) is 9.12. The summed E-state index contributed by atoms with van der Waals surface area (Å²) in [4.78, 5) is 31.4. The number of anilines is 2. The van der Waals surface area contributed by atoms with E-state index in [1.807, 2.05) is 72.8 Å². The number of hydrogen-bond donors (Lipinski definition) is 0. The standard InChI is InChI=1S/C40H36N2O4/c1-3-5-22-41-29-16-9-7-12-25(29)18-20-31(41)35-37(43)33(38(35)44)27-14-11-15-28(24-27)34-39(45)36(40(34)46)32-21-19-26-13-8-10-17-30(26)42(32)23-6-4-2/h7-21,24,43,45H,3-6,22-23H2,1-2H3/p-2. The van der Waals surface area contributed by atoms with Crippen molar-refractivity contribution >= 4 is 46.2 Å². The minimum atomic E-state index is -0.320. The van der Waals surface area contributed by atoms with E-state index >= 15 is 0 Å². The summed E-state index contributed by atoms with van der Waals surface area (Å²) in [6.07, 6.45) is 11.4. The van der Waals surface area contributed by atoms with Crippen LogP contribution >= 0.6 is 0 Å². The van der Waals surface area contributed by atoms with Crippen molar-refractivity contribution in [3.63, 3.8) is 0 Å². The Morgan fingerprint density at radius 2 is 0.978 bits per heavy atom. The van der Waals surface area contributed by atoms with E-state index in [4.69, 9.17) is 0 Å². The average molecular weight is 607 g/mol. The van der Waals surface area contributed by atoms with Gasteiger partial charge in [0.15, 0.2) is 11.6 Å². The molecule has 0 amide bonds. The first-order chi connectivity index (χ1) is 22.4. The second-order valence-electron chi connectivity index (χ2n) is 12.0. The molecule has 3 aromatic rings. The molecule has 0 unspecified atom stereocenters. The van der Waals surface area contributed by atoms with E-state index < -0.39 is 0 Å². The number of carbonyl (C=O) groups excluding carboxylic acids is 2. The van der Waals surface area contributed by atoms with Gasteiger partial charge in [0.2, 0.25) is 0 Å². The van der Waals surface area contributed by atoms with Gasteiger partial charge >= 0.3 is 0 Å². The van der Waals surface area contributed by atoms with E-state index in [0.717, 1.165) is 48.2 Å². The van der Waals surface area contributed by atoms with Crippen LogP contribution in [0.3, 0.4) is 0 Å². The Hall–Kier alpha value is -5.36. The molecule has 4 aliphatic rings. The highest BCUT2D eigenvalue weighted by atomic mass is 16.3. The molecule has 0 aromatic heterocycles. The van der Waals surface area contributed by atoms with Crippen LogP contribution < -0.4 is 20.0 Å². The molecule has 230 valence electrons. The summed E-state index contributed by atoms with van der Waals surface area (Å²) in [7, 11) is 0. The van der Waals surface area contributed by atoms with Gasteiger partial charge in [-0.05, 0) is 65.4 Å². The van der Waals surface area contributed by atoms with Crippen LogP contribution in [0.25, 0.3) is 23.3 Å². The summed E-state index contributed by atoms with van der Waals surface area (Å²) in [5.74, 6) is -1.28.